The molecule has 0 saturated heterocycles. The number of pyridine rings is 1. The van der Waals surface area contributed by atoms with E-state index in [9.17, 15) is 26.0 Å². The van der Waals surface area contributed by atoms with Gasteiger partial charge in [-0.3, -0.25) is 9.52 Å². The number of nitrogens with one attached hydrogen (secondary N) is 2. The van der Waals surface area contributed by atoms with Crippen LogP contribution in [0.3, 0.4) is 0 Å². The Morgan fingerprint density at radius 1 is 1.05 bits per heavy atom. The van der Waals surface area contributed by atoms with E-state index in [1.807, 2.05) is 0 Å². The predicted octanol–water partition coefficient (Wildman–Crippen LogP) is 5.52. The van der Waals surface area contributed by atoms with Crippen molar-refractivity contribution < 1.29 is 30.8 Å². The van der Waals surface area contributed by atoms with Crippen molar-refractivity contribution in [3.8, 4) is 17.0 Å². The van der Waals surface area contributed by atoms with E-state index < -0.39 is 31.6 Å². The van der Waals surface area contributed by atoms with Gasteiger partial charge in [0.2, 0.25) is 10.0 Å². The van der Waals surface area contributed by atoms with Crippen molar-refractivity contribution in [2.24, 2.45) is 0 Å². The van der Waals surface area contributed by atoms with Crippen LogP contribution in [-0.4, -0.2) is 40.2 Å². The van der Waals surface area contributed by atoms with E-state index in [0.29, 0.717) is 26.6 Å². The molecule has 40 heavy (non-hydrogen) atoms. The molecule has 2 aromatic carbocycles. The molecule has 2 N–H and O–H groups in total. The largest absolute Gasteiger partial charge is 0.487 e. The summed E-state index contributed by atoms with van der Waals surface area (Å²) in [6, 6.07) is 13.3. The number of sulfonamides is 1. The third-order valence-corrected chi connectivity index (χ3v) is 8.38. The number of rotatable bonds is 9. The summed E-state index contributed by atoms with van der Waals surface area (Å²) in [5.41, 5.74) is 1.87. The van der Waals surface area contributed by atoms with Gasteiger partial charge in [0, 0.05) is 33.5 Å². The van der Waals surface area contributed by atoms with Crippen molar-refractivity contribution in [2.75, 3.05) is 22.6 Å². The molecule has 4 aromatic rings. The third-order valence-electron chi connectivity index (χ3n) is 5.40. The van der Waals surface area contributed by atoms with E-state index in [0.717, 1.165) is 18.7 Å². The van der Waals surface area contributed by atoms with E-state index in [4.69, 9.17) is 16.3 Å². The van der Waals surface area contributed by atoms with Crippen LogP contribution in [0.4, 0.5) is 15.8 Å². The topological polar surface area (TPSA) is 132 Å². The molecule has 0 saturated carbocycles. The second-order valence-corrected chi connectivity index (χ2v) is 14.3. The molecule has 0 spiro atoms. The van der Waals surface area contributed by atoms with Gasteiger partial charge in [0.05, 0.1) is 27.9 Å². The number of amides is 1. The van der Waals surface area contributed by atoms with Gasteiger partial charge in [0.15, 0.2) is 9.84 Å². The summed E-state index contributed by atoms with van der Waals surface area (Å²) in [4.78, 5) is 18.4. The van der Waals surface area contributed by atoms with E-state index in [2.05, 4.69) is 15.0 Å². The van der Waals surface area contributed by atoms with E-state index in [1.165, 1.54) is 47.7 Å². The average molecular weight is 624 g/mol. The highest BCUT2D eigenvalue weighted by Gasteiger charge is 2.19. The Morgan fingerprint density at radius 2 is 1.77 bits per heavy atom. The Hall–Kier alpha value is -3.52. The second kappa shape index (κ2) is 11.5. The van der Waals surface area contributed by atoms with E-state index in [1.54, 1.807) is 25.1 Å². The first-order valence-electron chi connectivity index (χ1n) is 11.5. The summed E-state index contributed by atoms with van der Waals surface area (Å²) in [7, 11) is -6.97. The van der Waals surface area contributed by atoms with Crippen LogP contribution < -0.4 is 14.8 Å². The number of hydrogen-bond donors (Lipinski definition) is 2. The summed E-state index contributed by atoms with van der Waals surface area (Å²) < 4.78 is 69.2. The predicted molar refractivity (Wildman–Crippen MR) is 154 cm³/mol. The zero-order chi connectivity index (χ0) is 29.2. The minimum atomic E-state index is -3.55. The molecule has 0 atom stereocenters. The van der Waals surface area contributed by atoms with Crippen molar-refractivity contribution in [1.82, 2.24) is 4.98 Å². The van der Waals surface area contributed by atoms with Gasteiger partial charge >= 0.3 is 0 Å². The van der Waals surface area contributed by atoms with Gasteiger partial charge in [0.25, 0.3) is 5.91 Å². The summed E-state index contributed by atoms with van der Waals surface area (Å²) in [6.07, 6.45) is 3.13. The Kier molecular flexibility index (Phi) is 8.49. The molecule has 14 heteroatoms. The molecule has 0 bridgehead atoms. The number of ether oxygens (including phenoxy) is 1. The fourth-order valence-corrected chi connectivity index (χ4v) is 6.10. The first-order valence-corrected chi connectivity index (χ1v) is 16.4. The number of anilines is 2. The number of benzene rings is 2. The first-order chi connectivity index (χ1) is 18.7. The molecular formula is C26H23ClFN3O6S3. The highest BCUT2D eigenvalue weighted by molar-refractivity contribution is 7.92. The number of nitrogens with zero attached hydrogens (tertiary/aromatic N) is 1. The maximum Gasteiger partial charge on any atom is 0.265 e. The maximum absolute atomic E-state index is 14.1. The van der Waals surface area contributed by atoms with Crippen molar-refractivity contribution in [2.45, 2.75) is 18.4 Å². The van der Waals surface area contributed by atoms with Gasteiger partial charge in [-0.15, -0.1) is 11.3 Å². The summed E-state index contributed by atoms with van der Waals surface area (Å²) >= 11 is 7.26. The third kappa shape index (κ3) is 7.56. The average Bonchev–Trinajstić information content (AvgIpc) is 3.22. The van der Waals surface area contributed by atoms with E-state index >= 15 is 0 Å². The molecule has 0 fully saturated rings. The van der Waals surface area contributed by atoms with Crippen LogP contribution in [0.1, 0.15) is 20.1 Å². The second-order valence-electron chi connectivity index (χ2n) is 8.85. The number of sulfone groups is 1. The number of halogens is 2. The van der Waals surface area contributed by atoms with Crippen LogP contribution >= 0.6 is 22.9 Å². The number of hydrogen-bond acceptors (Lipinski definition) is 8. The SMILES string of the molecule is Cc1sc(C(=O)Nc2cc(Cl)cc(NS(C)(=O)=O)c2)cc1-c1ncc(F)cc1OCc1cccc(S(C)(=O)=O)c1. The van der Waals surface area contributed by atoms with Gasteiger partial charge in [0.1, 0.15) is 23.9 Å². The zero-order valence-electron chi connectivity index (χ0n) is 21.4. The lowest BCUT2D eigenvalue weighted by molar-refractivity contribution is 0.103. The molecule has 2 heterocycles. The molecule has 2 aromatic heterocycles. The Morgan fingerprint density at radius 3 is 2.48 bits per heavy atom. The summed E-state index contributed by atoms with van der Waals surface area (Å²) in [5, 5.41) is 2.91. The summed E-state index contributed by atoms with van der Waals surface area (Å²) in [5.74, 6) is -0.994. The Bertz CT molecular complexity index is 1830. The number of thiophene rings is 1. The molecule has 0 aliphatic rings. The van der Waals surface area contributed by atoms with Crippen LogP contribution in [0.25, 0.3) is 11.3 Å². The van der Waals surface area contributed by atoms with Crippen LogP contribution in [0.2, 0.25) is 5.02 Å². The Balaban J connectivity index is 1.58. The highest BCUT2D eigenvalue weighted by Crippen LogP contribution is 2.36. The molecule has 0 aliphatic carbocycles. The fourth-order valence-electron chi connectivity index (χ4n) is 3.72. The van der Waals surface area contributed by atoms with Gasteiger partial charge in [-0.05, 0) is 48.9 Å². The molecule has 0 unspecified atom stereocenters. The molecule has 0 aliphatic heterocycles. The van der Waals surface area contributed by atoms with E-state index in [-0.39, 0.29) is 33.6 Å². The van der Waals surface area contributed by atoms with Crippen LogP contribution in [0, 0.1) is 12.7 Å². The minimum Gasteiger partial charge on any atom is -0.487 e. The lowest BCUT2D eigenvalue weighted by atomic mass is 10.1. The normalized spacial score (nSPS) is 11.7. The van der Waals surface area contributed by atoms with Crippen LogP contribution in [0.5, 0.6) is 5.75 Å². The standard InChI is InChI=1S/C26H23ClFN3O6S3/c1-15-22(12-24(38-15)26(32)30-19-8-17(27)9-20(11-19)31-40(3,35)36)25-23(10-18(28)13-29-25)37-14-16-5-4-6-21(7-16)39(2,33)34/h4-13,31H,14H2,1-3H3,(H,30,32). The lowest BCUT2D eigenvalue weighted by Gasteiger charge is -2.11. The fraction of sp³-hybridized carbons (Fsp3) is 0.154. The molecule has 4 rings (SSSR count). The van der Waals surface area contributed by atoms with Gasteiger partial charge in [-0.1, -0.05) is 23.7 Å². The number of aromatic nitrogens is 1. The van der Waals surface area contributed by atoms with Gasteiger partial charge in [-0.2, -0.15) is 0 Å². The Labute approximate surface area is 240 Å². The minimum absolute atomic E-state index is 0.0450. The molecule has 0 radical (unpaired) electrons. The molecule has 1 amide bonds. The summed E-state index contributed by atoms with van der Waals surface area (Å²) in [6.45, 7) is 1.73. The van der Waals surface area contributed by atoms with Crippen molar-refractivity contribution in [3.05, 3.63) is 87.0 Å². The van der Waals surface area contributed by atoms with Crippen molar-refractivity contribution in [3.63, 3.8) is 0 Å². The molecule has 210 valence electrons. The smallest absolute Gasteiger partial charge is 0.265 e. The lowest BCUT2D eigenvalue weighted by Crippen LogP contribution is -2.12. The van der Waals surface area contributed by atoms with Crippen LogP contribution in [-0.2, 0) is 26.5 Å². The van der Waals surface area contributed by atoms with Gasteiger partial charge in [-0.25, -0.2) is 26.2 Å². The molecule has 9 nitrogen and oxygen atoms in total. The van der Waals surface area contributed by atoms with Crippen molar-refractivity contribution in [1.29, 1.82) is 0 Å². The van der Waals surface area contributed by atoms with Crippen molar-refractivity contribution >= 4 is 60.1 Å². The highest BCUT2D eigenvalue weighted by atomic mass is 35.5. The number of carbonyl (C=O) groups is 1. The van der Waals surface area contributed by atoms with Crippen LogP contribution in [0.15, 0.2) is 65.7 Å². The molecular weight excluding hydrogens is 601 g/mol. The quantitative estimate of drug-likeness (QED) is 0.251. The first kappa shape index (κ1) is 29.5. The zero-order valence-corrected chi connectivity index (χ0v) is 24.6. The van der Waals surface area contributed by atoms with Gasteiger partial charge < -0.3 is 10.1 Å². The number of carbonyl (C=O) groups excluding carboxylic acids is 1. The number of aryl methyl sites for hydroxylation is 1. The maximum atomic E-state index is 14.1. The monoisotopic (exact) mass is 623 g/mol.